The van der Waals surface area contributed by atoms with Crippen LogP contribution in [0.5, 0.6) is 5.75 Å². The van der Waals surface area contributed by atoms with Crippen molar-refractivity contribution in [2.24, 2.45) is 0 Å². The highest BCUT2D eigenvalue weighted by Gasteiger charge is 2.39. The Bertz CT molecular complexity index is 422. The number of benzene rings is 1. The molecular formula is C13H19FO2Si. The first-order valence-electron chi connectivity index (χ1n) is 5.61. The van der Waals surface area contributed by atoms with Crippen molar-refractivity contribution >= 4 is 14.6 Å². The van der Waals surface area contributed by atoms with Gasteiger partial charge in [-0.3, -0.25) is 4.79 Å². The number of carbonyl (C=O) groups excluding carboxylic acids is 1. The largest absolute Gasteiger partial charge is 0.542 e. The van der Waals surface area contributed by atoms with Gasteiger partial charge in [0.15, 0.2) is 5.82 Å². The summed E-state index contributed by atoms with van der Waals surface area (Å²) in [5.74, 6) is -0.235. The van der Waals surface area contributed by atoms with Crippen LogP contribution in [0.1, 0.15) is 31.1 Å². The van der Waals surface area contributed by atoms with E-state index >= 15 is 0 Å². The van der Waals surface area contributed by atoms with Gasteiger partial charge >= 0.3 is 0 Å². The van der Waals surface area contributed by atoms with Crippen LogP contribution >= 0.6 is 0 Å². The molecule has 1 aromatic rings. The number of aldehydes is 1. The fourth-order valence-corrected chi connectivity index (χ4v) is 2.12. The van der Waals surface area contributed by atoms with Gasteiger partial charge in [0.2, 0.25) is 0 Å². The summed E-state index contributed by atoms with van der Waals surface area (Å²) in [4.78, 5) is 10.5. The van der Waals surface area contributed by atoms with Crippen LogP contribution in [0.2, 0.25) is 18.1 Å². The van der Waals surface area contributed by atoms with E-state index in [1.807, 2.05) is 0 Å². The fourth-order valence-electron chi connectivity index (χ4n) is 1.10. The topological polar surface area (TPSA) is 26.3 Å². The van der Waals surface area contributed by atoms with Crippen molar-refractivity contribution in [2.75, 3.05) is 0 Å². The third kappa shape index (κ3) is 3.16. The third-order valence-electron chi connectivity index (χ3n) is 3.26. The zero-order valence-electron chi connectivity index (χ0n) is 11.0. The van der Waals surface area contributed by atoms with Crippen molar-refractivity contribution in [3.8, 4) is 5.75 Å². The van der Waals surface area contributed by atoms with E-state index in [-0.39, 0.29) is 10.8 Å². The minimum atomic E-state index is -2.03. The molecule has 0 saturated heterocycles. The van der Waals surface area contributed by atoms with Crippen LogP contribution in [0.15, 0.2) is 18.2 Å². The second-order valence-electron chi connectivity index (χ2n) is 5.67. The molecule has 0 atom stereocenters. The average molecular weight is 254 g/mol. The van der Waals surface area contributed by atoms with Crippen LogP contribution in [0.4, 0.5) is 4.39 Å². The first kappa shape index (κ1) is 13.9. The van der Waals surface area contributed by atoms with Crippen LogP contribution in [0, 0.1) is 5.82 Å². The average Bonchev–Trinajstić information content (AvgIpc) is 2.19. The Morgan fingerprint density at radius 1 is 1.29 bits per heavy atom. The Hall–Kier alpha value is -1.16. The van der Waals surface area contributed by atoms with E-state index in [1.165, 1.54) is 12.1 Å². The quantitative estimate of drug-likeness (QED) is 0.601. The van der Waals surface area contributed by atoms with Crippen molar-refractivity contribution in [1.29, 1.82) is 0 Å². The highest BCUT2D eigenvalue weighted by Crippen LogP contribution is 2.37. The van der Waals surface area contributed by atoms with E-state index in [0.29, 0.717) is 11.8 Å². The molecule has 0 aromatic heterocycles. The van der Waals surface area contributed by atoms with E-state index in [4.69, 9.17) is 4.43 Å². The molecule has 0 amide bonds. The molecule has 0 radical (unpaired) electrons. The number of rotatable bonds is 3. The van der Waals surface area contributed by atoms with Crippen LogP contribution < -0.4 is 4.43 Å². The van der Waals surface area contributed by atoms with Gasteiger partial charge in [-0.05, 0) is 36.3 Å². The molecule has 0 aliphatic heterocycles. The minimum Gasteiger partial charge on any atom is -0.542 e. The standard InChI is InChI=1S/C13H19FO2Si/c1-13(2,3)17(4,5)16-12-7-6-10(9-15)8-11(12)14/h6-9H,1-5H3. The lowest BCUT2D eigenvalue weighted by Gasteiger charge is -2.36. The molecule has 0 unspecified atom stereocenters. The molecule has 0 bridgehead atoms. The minimum absolute atomic E-state index is 0.0166. The molecule has 94 valence electrons. The van der Waals surface area contributed by atoms with Gasteiger partial charge in [0, 0.05) is 5.56 Å². The summed E-state index contributed by atoms with van der Waals surface area (Å²) in [7, 11) is -2.03. The molecule has 0 fully saturated rings. The van der Waals surface area contributed by atoms with E-state index < -0.39 is 14.1 Å². The monoisotopic (exact) mass is 254 g/mol. The second kappa shape index (κ2) is 4.60. The summed E-state index contributed by atoms with van der Waals surface area (Å²) in [6, 6.07) is 4.30. The number of halogens is 1. The molecular weight excluding hydrogens is 235 g/mol. The van der Waals surface area contributed by atoms with E-state index in [1.54, 1.807) is 6.07 Å². The van der Waals surface area contributed by atoms with Gasteiger partial charge in [-0.25, -0.2) is 4.39 Å². The maximum atomic E-state index is 13.7. The Morgan fingerprint density at radius 3 is 2.29 bits per heavy atom. The van der Waals surface area contributed by atoms with Crippen LogP contribution in [-0.2, 0) is 0 Å². The third-order valence-corrected chi connectivity index (χ3v) is 7.61. The number of hydrogen-bond acceptors (Lipinski definition) is 2. The second-order valence-corrected chi connectivity index (χ2v) is 10.4. The smallest absolute Gasteiger partial charge is 0.250 e. The van der Waals surface area contributed by atoms with Crippen LogP contribution in [0.3, 0.4) is 0 Å². The SMILES string of the molecule is CC(C)(C)[Si](C)(C)Oc1ccc(C=O)cc1F. The first-order valence-corrected chi connectivity index (χ1v) is 8.52. The lowest BCUT2D eigenvalue weighted by molar-refractivity contribution is 0.112. The molecule has 4 heteroatoms. The van der Waals surface area contributed by atoms with Crippen molar-refractivity contribution in [3.63, 3.8) is 0 Å². The molecule has 0 aliphatic rings. The maximum absolute atomic E-state index is 13.7. The summed E-state index contributed by atoms with van der Waals surface area (Å²) in [5, 5.41) is 0.0166. The van der Waals surface area contributed by atoms with E-state index in [0.717, 1.165) is 0 Å². The molecule has 0 heterocycles. The van der Waals surface area contributed by atoms with E-state index in [9.17, 15) is 9.18 Å². The van der Waals surface area contributed by atoms with Gasteiger partial charge in [-0.15, -0.1) is 0 Å². The van der Waals surface area contributed by atoms with Gasteiger partial charge < -0.3 is 4.43 Å². The Labute approximate surface area is 103 Å². The van der Waals surface area contributed by atoms with Crippen LogP contribution in [0.25, 0.3) is 0 Å². The normalized spacial score (nSPS) is 12.4. The summed E-state index contributed by atoms with van der Waals surface area (Å²) in [5.41, 5.74) is 0.324. The van der Waals surface area contributed by atoms with Crippen LogP contribution in [-0.4, -0.2) is 14.6 Å². The van der Waals surface area contributed by atoms with Gasteiger partial charge in [0.1, 0.15) is 12.0 Å². The molecule has 1 rings (SSSR count). The zero-order valence-corrected chi connectivity index (χ0v) is 12.0. The van der Waals surface area contributed by atoms with Crippen molar-refractivity contribution in [2.45, 2.75) is 38.9 Å². The Morgan fingerprint density at radius 2 is 1.88 bits per heavy atom. The fraction of sp³-hybridized carbons (Fsp3) is 0.462. The van der Waals surface area contributed by atoms with Gasteiger partial charge in [0.25, 0.3) is 8.32 Å². The van der Waals surface area contributed by atoms with Gasteiger partial charge in [0.05, 0.1) is 0 Å². The predicted octanol–water partition coefficient (Wildman–Crippen LogP) is 4.02. The van der Waals surface area contributed by atoms with Crippen molar-refractivity contribution in [1.82, 2.24) is 0 Å². The van der Waals surface area contributed by atoms with Gasteiger partial charge in [-0.1, -0.05) is 20.8 Å². The highest BCUT2D eigenvalue weighted by atomic mass is 28.4. The summed E-state index contributed by atoms with van der Waals surface area (Å²) >= 11 is 0. The van der Waals surface area contributed by atoms with Crippen molar-refractivity contribution in [3.05, 3.63) is 29.6 Å². The summed E-state index contributed by atoms with van der Waals surface area (Å²) in [6.07, 6.45) is 0.624. The lowest BCUT2D eigenvalue weighted by Crippen LogP contribution is -2.44. The molecule has 1 aromatic carbocycles. The molecule has 0 saturated carbocycles. The predicted molar refractivity (Wildman–Crippen MR) is 69.6 cm³/mol. The molecule has 2 nitrogen and oxygen atoms in total. The zero-order chi connectivity index (χ0) is 13.3. The lowest BCUT2D eigenvalue weighted by atomic mass is 10.2. The summed E-state index contributed by atoms with van der Waals surface area (Å²) < 4.78 is 19.5. The van der Waals surface area contributed by atoms with E-state index in [2.05, 4.69) is 33.9 Å². The molecule has 0 spiro atoms. The molecule has 0 aliphatic carbocycles. The first-order chi connectivity index (χ1) is 7.67. The molecule has 17 heavy (non-hydrogen) atoms. The van der Waals surface area contributed by atoms with Gasteiger partial charge in [-0.2, -0.15) is 0 Å². The Balaban J connectivity index is 3.00. The summed E-state index contributed by atoms with van der Waals surface area (Å²) in [6.45, 7) is 10.4. The van der Waals surface area contributed by atoms with Crippen molar-refractivity contribution < 1.29 is 13.6 Å². The maximum Gasteiger partial charge on any atom is 0.250 e. The highest BCUT2D eigenvalue weighted by molar-refractivity contribution is 6.74. The Kier molecular flexibility index (Phi) is 3.77. The molecule has 0 N–H and O–H groups in total. The number of hydrogen-bond donors (Lipinski definition) is 0. The number of carbonyl (C=O) groups is 1.